The minimum Gasteiger partial charge on any atom is -0.496 e. The molecule has 0 bridgehead atoms. The molecule has 0 radical (unpaired) electrons. The van der Waals surface area contributed by atoms with Gasteiger partial charge >= 0.3 is 5.69 Å². The second kappa shape index (κ2) is 11.7. The van der Waals surface area contributed by atoms with Gasteiger partial charge in [-0.3, -0.25) is 14.2 Å². The minimum atomic E-state index is -0.950. The van der Waals surface area contributed by atoms with Crippen molar-refractivity contribution >= 4 is 27.5 Å². The number of carbonyl (C=O) groups is 1. The molecule has 12 nitrogen and oxygen atoms in total. The number of halogens is 1. The highest BCUT2D eigenvalue weighted by atomic mass is 32.1. The van der Waals surface area contributed by atoms with Crippen LogP contribution in [0.1, 0.15) is 55.4 Å². The number of fused-ring (bicyclic) bond motifs is 1. The number of carbonyl (C=O) groups excluding carboxylic acids is 1. The van der Waals surface area contributed by atoms with Crippen molar-refractivity contribution in [3.63, 3.8) is 0 Å². The lowest BCUT2D eigenvalue weighted by Gasteiger charge is -2.31. The molecule has 0 spiro atoms. The molecule has 1 amide bonds. The number of rotatable bonds is 8. The van der Waals surface area contributed by atoms with Crippen molar-refractivity contribution in [3.8, 4) is 10.8 Å². The van der Waals surface area contributed by atoms with Gasteiger partial charge in [0.2, 0.25) is 5.91 Å². The lowest BCUT2D eigenvalue weighted by molar-refractivity contribution is -0.129. The van der Waals surface area contributed by atoms with Crippen LogP contribution in [0.3, 0.4) is 0 Å². The molecule has 228 valence electrons. The number of nitrogens with zero attached hydrogens (tertiary/aromatic N) is 6. The lowest BCUT2D eigenvalue weighted by Crippen LogP contribution is -2.45. The predicted molar refractivity (Wildman–Crippen MR) is 156 cm³/mol. The first-order chi connectivity index (χ1) is 20.7. The highest BCUT2D eigenvalue weighted by Gasteiger charge is 2.36. The van der Waals surface area contributed by atoms with Gasteiger partial charge in [0.05, 0.1) is 43.6 Å². The molecule has 1 N–H and O–H groups in total. The molecule has 2 fully saturated rings. The predicted octanol–water partition coefficient (Wildman–Crippen LogP) is 2.73. The van der Waals surface area contributed by atoms with E-state index in [1.807, 2.05) is 0 Å². The second-order valence-corrected chi connectivity index (χ2v) is 12.1. The van der Waals surface area contributed by atoms with Crippen molar-refractivity contribution < 1.29 is 23.8 Å². The maximum atomic E-state index is 14.6. The highest BCUT2D eigenvalue weighted by molar-refractivity contribution is 7.21. The minimum absolute atomic E-state index is 0.0862. The van der Waals surface area contributed by atoms with Gasteiger partial charge in [-0.2, -0.15) is 10.2 Å². The number of aryl methyl sites for hydroxylation is 1. The Balaban J connectivity index is 1.55. The van der Waals surface area contributed by atoms with Gasteiger partial charge in [-0.15, -0.1) is 4.80 Å². The van der Waals surface area contributed by atoms with E-state index in [0.29, 0.717) is 65.4 Å². The highest BCUT2D eigenvalue weighted by Crippen LogP contribution is 2.36. The van der Waals surface area contributed by atoms with Crippen LogP contribution >= 0.6 is 11.3 Å². The van der Waals surface area contributed by atoms with Gasteiger partial charge in [0.1, 0.15) is 33.5 Å². The third-order valence-corrected chi connectivity index (χ3v) is 9.70. The fourth-order valence-electron chi connectivity index (χ4n) is 6.09. The largest absolute Gasteiger partial charge is 0.496 e. The maximum Gasteiger partial charge on any atom is 0.332 e. The van der Waals surface area contributed by atoms with E-state index in [-0.39, 0.29) is 23.9 Å². The number of thiophene rings is 1. The number of aliphatic hydroxyl groups is 1. The van der Waals surface area contributed by atoms with Gasteiger partial charge in [-0.1, -0.05) is 11.3 Å². The van der Waals surface area contributed by atoms with Crippen LogP contribution in [0.5, 0.6) is 5.75 Å². The molecule has 2 atom stereocenters. The van der Waals surface area contributed by atoms with Crippen LogP contribution in [0.4, 0.5) is 4.39 Å². The summed E-state index contributed by atoms with van der Waals surface area (Å²) in [5.74, 6) is -0.423. The first-order valence-corrected chi connectivity index (χ1v) is 15.1. The number of aromatic nitrogens is 5. The van der Waals surface area contributed by atoms with Crippen molar-refractivity contribution in [2.45, 2.75) is 69.9 Å². The Morgan fingerprint density at radius 3 is 2.49 bits per heavy atom. The molecule has 1 aliphatic heterocycles. The number of likely N-dealkylation sites (N-methyl/N-ethyl adjacent to an activating group) is 1. The van der Waals surface area contributed by atoms with Crippen molar-refractivity contribution in [3.05, 3.63) is 68.4 Å². The molecule has 43 heavy (non-hydrogen) atoms. The van der Waals surface area contributed by atoms with Gasteiger partial charge in [-0.25, -0.2) is 13.8 Å². The smallest absolute Gasteiger partial charge is 0.332 e. The molecular weight excluding hydrogens is 579 g/mol. The Labute approximate surface area is 249 Å². The summed E-state index contributed by atoms with van der Waals surface area (Å²) < 4.78 is 29.3. The van der Waals surface area contributed by atoms with E-state index < -0.39 is 35.3 Å². The summed E-state index contributed by atoms with van der Waals surface area (Å²) >= 11 is 1.18. The molecular formula is C29H33FN6O6S. The van der Waals surface area contributed by atoms with Gasteiger partial charge in [-0.05, 0) is 57.2 Å². The van der Waals surface area contributed by atoms with E-state index in [9.17, 15) is 23.9 Å². The molecule has 1 unspecified atom stereocenters. The first kappa shape index (κ1) is 29.2. The third-order valence-electron chi connectivity index (χ3n) is 8.42. The molecule has 1 saturated carbocycles. The topological polar surface area (TPSA) is 134 Å². The van der Waals surface area contributed by atoms with E-state index >= 15 is 0 Å². The number of benzene rings is 1. The summed E-state index contributed by atoms with van der Waals surface area (Å²) in [5, 5.41) is 19.3. The van der Waals surface area contributed by atoms with Crippen LogP contribution < -0.4 is 16.0 Å². The van der Waals surface area contributed by atoms with Gasteiger partial charge in [0.15, 0.2) is 0 Å². The van der Waals surface area contributed by atoms with Gasteiger partial charge < -0.3 is 19.5 Å². The van der Waals surface area contributed by atoms with E-state index in [1.165, 1.54) is 63.3 Å². The van der Waals surface area contributed by atoms with E-state index in [0.717, 1.165) is 4.57 Å². The molecule has 1 aromatic carbocycles. The van der Waals surface area contributed by atoms with Crippen LogP contribution in [-0.2, 0) is 16.1 Å². The van der Waals surface area contributed by atoms with Gasteiger partial charge in [0, 0.05) is 24.7 Å². The Bertz CT molecular complexity index is 1770. The molecule has 1 aliphatic carbocycles. The van der Waals surface area contributed by atoms with Crippen LogP contribution in [0.25, 0.3) is 15.2 Å². The molecule has 4 heterocycles. The zero-order valence-electron chi connectivity index (χ0n) is 24.1. The molecule has 14 heteroatoms. The normalized spacial score (nSPS) is 21.6. The maximum absolute atomic E-state index is 14.6. The Morgan fingerprint density at radius 1 is 1.12 bits per heavy atom. The number of likely N-dealkylation sites (tertiary alicyclic amines) is 1. The van der Waals surface area contributed by atoms with E-state index in [2.05, 4.69) is 10.2 Å². The van der Waals surface area contributed by atoms with Crippen molar-refractivity contribution in [1.82, 2.24) is 29.0 Å². The molecule has 4 aromatic rings. The summed E-state index contributed by atoms with van der Waals surface area (Å²) in [6.07, 6.45) is 4.15. The number of ether oxygens (including phenoxy) is 2. The van der Waals surface area contributed by atoms with Crippen LogP contribution in [0, 0.1) is 12.7 Å². The molecule has 3 aromatic heterocycles. The van der Waals surface area contributed by atoms with Crippen molar-refractivity contribution in [1.29, 1.82) is 0 Å². The average molecular weight is 613 g/mol. The Kier molecular flexibility index (Phi) is 7.92. The van der Waals surface area contributed by atoms with E-state index in [4.69, 9.17) is 9.47 Å². The number of hydrogen-bond donors (Lipinski definition) is 1. The zero-order valence-corrected chi connectivity index (χ0v) is 24.9. The third kappa shape index (κ3) is 5.27. The fraction of sp³-hybridized carbons (Fsp3) is 0.483. The first-order valence-electron chi connectivity index (χ1n) is 14.2. The van der Waals surface area contributed by atoms with Crippen LogP contribution in [-0.4, -0.2) is 73.0 Å². The van der Waals surface area contributed by atoms with Crippen LogP contribution in [0.2, 0.25) is 0 Å². The quantitative estimate of drug-likeness (QED) is 0.321. The summed E-state index contributed by atoms with van der Waals surface area (Å²) in [7, 11) is 3.12. The summed E-state index contributed by atoms with van der Waals surface area (Å²) in [6, 6.07) is 3.17. The number of amides is 1. The average Bonchev–Trinajstić information content (AvgIpc) is 3.72. The number of aliphatic hydroxyl groups excluding tert-OH is 1. The van der Waals surface area contributed by atoms with Crippen molar-refractivity contribution in [2.75, 3.05) is 20.7 Å². The summed E-state index contributed by atoms with van der Waals surface area (Å²) in [4.78, 5) is 44.7. The zero-order chi connectivity index (χ0) is 30.4. The Morgan fingerprint density at radius 2 is 1.84 bits per heavy atom. The number of hydrogen-bond acceptors (Lipinski definition) is 9. The standard InChI is InChI=1S/C29H33FN6O6S/c1-16-24-26(39)35(21-10-13-33(2)25(21)38)29(40)34(28(24)43-27(16)36-31-11-12-32-36)15-23(42-19-7-5-18(37)6-8-19)20-14-17(30)4-9-22(20)41-3/h4,9,11-12,14,18-19,21,23,37H,5-8,10,13,15H2,1-3H3/t18?,19?,21-,23?/m0/s1. The summed E-state index contributed by atoms with van der Waals surface area (Å²) in [5.41, 5.74) is -0.232. The monoisotopic (exact) mass is 612 g/mol. The summed E-state index contributed by atoms with van der Waals surface area (Å²) in [6.45, 7) is 2.09. The van der Waals surface area contributed by atoms with Crippen LogP contribution in [0.15, 0.2) is 40.2 Å². The molecule has 1 saturated heterocycles. The molecule has 6 rings (SSSR count). The second-order valence-electron chi connectivity index (χ2n) is 11.1. The number of methoxy groups -OCH3 is 1. The Hall–Kier alpha value is -3.88. The lowest BCUT2D eigenvalue weighted by atomic mass is 9.94. The van der Waals surface area contributed by atoms with Gasteiger partial charge in [0.25, 0.3) is 5.56 Å². The van der Waals surface area contributed by atoms with Crippen molar-refractivity contribution in [2.24, 2.45) is 0 Å². The van der Waals surface area contributed by atoms with E-state index in [1.54, 1.807) is 14.0 Å². The fourth-order valence-corrected chi connectivity index (χ4v) is 7.31. The molecule has 2 aliphatic rings. The SMILES string of the molecule is COc1ccc(F)cc1C(Cn1c(=O)n([C@H]2CCN(C)C2=O)c(=O)c2c(C)c(-n3nccn3)sc21)OC1CCC(O)CC1.